The number of nitrogens with zero attached hydrogens (tertiary/aromatic N) is 3. The number of benzene rings is 1. The maximum Gasteiger partial charge on any atom is 0.337 e. The van der Waals surface area contributed by atoms with E-state index in [1.807, 2.05) is 39.8 Å². The second kappa shape index (κ2) is 11.3. The smallest absolute Gasteiger partial charge is 0.337 e. The number of carboxylic acids is 1. The standard InChI is InChI=1S/C34H48FN3O3/c1-23-27(30(31(39)40)41-32(2,3)4)29(38-20-14-33(5,6)15-21-38)28(24-8-10-25(35)11-9-24)26(36-23)22-37-18-16-34(17-19-37)12-7-13-34/h8-11,30H,7,12-22H2,1-6H3,(H,39,40)/t30-/m0/s1. The van der Waals surface area contributed by atoms with Crippen molar-refractivity contribution < 1.29 is 19.0 Å². The average molecular weight is 566 g/mol. The number of aromatic nitrogens is 1. The van der Waals surface area contributed by atoms with Crippen LogP contribution < -0.4 is 4.90 Å². The topological polar surface area (TPSA) is 65.9 Å². The van der Waals surface area contributed by atoms with Gasteiger partial charge in [0.2, 0.25) is 0 Å². The highest BCUT2D eigenvalue weighted by Gasteiger charge is 2.41. The molecule has 7 heteroatoms. The van der Waals surface area contributed by atoms with E-state index in [1.165, 1.54) is 44.2 Å². The maximum atomic E-state index is 14.2. The van der Waals surface area contributed by atoms with Crippen molar-refractivity contribution in [1.29, 1.82) is 0 Å². The largest absolute Gasteiger partial charge is 0.479 e. The molecule has 224 valence electrons. The minimum Gasteiger partial charge on any atom is -0.479 e. The van der Waals surface area contributed by atoms with Crippen LogP contribution in [0.15, 0.2) is 24.3 Å². The number of hydrogen-bond donors (Lipinski definition) is 1. The minimum absolute atomic E-state index is 0.219. The van der Waals surface area contributed by atoms with Gasteiger partial charge in [-0.1, -0.05) is 32.4 Å². The fourth-order valence-electron chi connectivity index (χ4n) is 6.93. The SMILES string of the molecule is Cc1nc(CN2CCC3(CCC3)CC2)c(-c2ccc(F)cc2)c(N2CCC(C)(C)CC2)c1[C@H](OC(C)(C)C)C(=O)O. The number of aliphatic carboxylic acids is 1. The maximum absolute atomic E-state index is 14.2. The van der Waals surface area contributed by atoms with Crippen LogP contribution in [0.2, 0.25) is 0 Å². The number of likely N-dealkylation sites (tertiary alicyclic amines) is 1. The summed E-state index contributed by atoms with van der Waals surface area (Å²) in [4.78, 5) is 22.8. The summed E-state index contributed by atoms with van der Waals surface area (Å²) in [5.74, 6) is -1.32. The van der Waals surface area contributed by atoms with E-state index in [4.69, 9.17) is 9.72 Å². The summed E-state index contributed by atoms with van der Waals surface area (Å²) < 4.78 is 20.4. The number of carboxylic acid groups (broad SMARTS) is 1. The summed E-state index contributed by atoms with van der Waals surface area (Å²) in [6, 6.07) is 6.60. The zero-order valence-electron chi connectivity index (χ0n) is 25.9. The van der Waals surface area contributed by atoms with Gasteiger partial charge in [0.05, 0.1) is 17.0 Å². The summed E-state index contributed by atoms with van der Waals surface area (Å²) in [6.07, 6.45) is 7.34. The van der Waals surface area contributed by atoms with E-state index < -0.39 is 17.7 Å². The van der Waals surface area contributed by atoms with E-state index in [-0.39, 0.29) is 11.2 Å². The summed E-state index contributed by atoms with van der Waals surface area (Å²) in [6.45, 7) is 16.6. The molecule has 2 saturated heterocycles. The Hall–Kier alpha value is -2.51. The van der Waals surface area contributed by atoms with Gasteiger partial charge in [-0.3, -0.25) is 9.88 Å². The molecule has 41 heavy (non-hydrogen) atoms. The highest BCUT2D eigenvalue weighted by atomic mass is 19.1. The lowest BCUT2D eigenvalue weighted by Gasteiger charge is -2.48. The fraction of sp³-hybridized carbons (Fsp3) is 0.647. The first-order valence-electron chi connectivity index (χ1n) is 15.4. The highest BCUT2D eigenvalue weighted by molar-refractivity contribution is 5.88. The van der Waals surface area contributed by atoms with Gasteiger partial charge in [0, 0.05) is 36.5 Å². The molecule has 1 aromatic heterocycles. The molecule has 2 aliphatic heterocycles. The van der Waals surface area contributed by atoms with Crippen molar-refractivity contribution in [2.75, 3.05) is 31.1 Å². The number of ether oxygens (including phenoxy) is 1. The molecule has 6 nitrogen and oxygen atoms in total. The van der Waals surface area contributed by atoms with Gasteiger partial charge in [-0.25, -0.2) is 9.18 Å². The first-order chi connectivity index (χ1) is 19.3. The molecule has 0 unspecified atom stereocenters. The zero-order chi connectivity index (χ0) is 29.6. The van der Waals surface area contributed by atoms with E-state index >= 15 is 0 Å². The molecule has 1 spiro atoms. The van der Waals surface area contributed by atoms with Gasteiger partial charge in [0.1, 0.15) is 5.82 Å². The van der Waals surface area contributed by atoms with Gasteiger partial charge >= 0.3 is 5.97 Å². The van der Waals surface area contributed by atoms with Crippen LogP contribution in [0, 0.1) is 23.6 Å². The lowest BCUT2D eigenvalue weighted by molar-refractivity contribution is -0.160. The third-order valence-electron chi connectivity index (χ3n) is 9.70. The van der Waals surface area contributed by atoms with E-state index in [0.717, 1.165) is 61.5 Å². The third-order valence-corrected chi connectivity index (χ3v) is 9.70. The number of aryl methyl sites for hydroxylation is 1. The van der Waals surface area contributed by atoms with Crippen LogP contribution in [0.4, 0.5) is 10.1 Å². The number of rotatable bonds is 7. The summed E-state index contributed by atoms with van der Waals surface area (Å²) in [7, 11) is 0. The zero-order valence-corrected chi connectivity index (χ0v) is 25.9. The molecular formula is C34H48FN3O3. The molecule has 0 radical (unpaired) electrons. The Labute approximate surface area is 245 Å². The Kier molecular flexibility index (Phi) is 8.25. The molecule has 2 aromatic rings. The lowest BCUT2D eigenvalue weighted by atomic mass is 9.63. The number of piperidine rings is 2. The summed E-state index contributed by atoms with van der Waals surface area (Å²) in [5, 5.41) is 10.5. The average Bonchev–Trinajstić information content (AvgIpc) is 2.87. The van der Waals surface area contributed by atoms with E-state index in [0.29, 0.717) is 23.2 Å². The predicted octanol–water partition coefficient (Wildman–Crippen LogP) is 7.53. The lowest BCUT2D eigenvalue weighted by Crippen LogP contribution is -2.43. The van der Waals surface area contributed by atoms with Crippen molar-refractivity contribution in [1.82, 2.24) is 9.88 Å². The molecule has 3 fully saturated rings. The molecule has 1 aromatic carbocycles. The number of carbonyl (C=O) groups is 1. The Morgan fingerprint density at radius 2 is 1.63 bits per heavy atom. The van der Waals surface area contributed by atoms with Gasteiger partial charge in [-0.2, -0.15) is 0 Å². The second-order valence-corrected chi connectivity index (χ2v) is 14.5. The molecular weight excluding hydrogens is 517 g/mol. The molecule has 0 bridgehead atoms. The Bertz CT molecular complexity index is 1240. The Morgan fingerprint density at radius 3 is 2.15 bits per heavy atom. The van der Waals surface area contributed by atoms with Crippen LogP contribution in [-0.4, -0.2) is 52.7 Å². The minimum atomic E-state index is -1.17. The van der Waals surface area contributed by atoms with Gasteiger partial charge < -0.3 is 14.7 Å². The van der Waals surface area contributed by atoms with Crippen LogP contribution in [0.3, 0.4) is 0 Å². The molecule has 0 amide bonds. The van der Waals surface area contributed by atoms with Gasteiger partial charge in [-0.15, -0.1) is 0 Å². The quantitative estimate of drug-likeness (QED) is 0.374. The Balaban J connectivity index is 1.66. The highest BCUT2D eigenvalue weighted by Crippen LogP contribution is 2.50. The molecule has 1 aliphatic carbocycles. The first kappa shape index (κ1) is 30.0. The van der Waals surface area contributed by atoms with Gasteiger partial charge in [-0.05, 0) is 108 Å². The normalized spacial score (nSPS) is 21.5. The molecule has 1 saturated carbocycles. The van der Waals surface area contributed by atoms with E-state index in [9.17, 15) is 14.3 Å². The molecule has 3 aliphatic rings. The molecule has 3 heterocycles. The third kappa shape index (κ3) is 6.61. The van der Waals surface area contributed by atoms with Crippen LogP contribution in [0.25, 0.3) is 11.1 Å². The fourth-order valence-corrected chi connectivity index (χ4v) is 6.93. The van der Waals surface area contributed by atoms with Crippen LogP contribution in [-0.2, 0) is 16.1 Å². The summed E-state index contributed by atoms with van der Waals surface area (Å²) >= 11 is 0. The van der Waals surface area contributed by atoms with Gasteiger partial charge in [0.15, 0.2) is 6.10 Å². The van der Waals surface area contributed by atoms with E-state index in [1.54, 1.807) is 0 Å². The van der Waals surface area contributed by atoms with Crippen molar-refractivity contribution in [2.24, 2.45) is 10.8 Å². The Morgan fingerprint density at radius 1 is 1.02 bits per heavy atom. The number of halogens is 1. The molecule has 1 N–H and O–H groups in total. The van der Waals surface area contributed by atoms with Crippen molar-refractivity contribution in [3.63, 3.8) is 0 Å². The van der Waals surface area contributed by atoms with Crippen LogP contribution in [0.5, 0.6) is 0 Å². The predicted molar refractivity (Wildman–Crippen MR) is 162 cm³/mol. The second-order valence-electron chi connectivity index (χ2n) is 14.5. The summed E-state index contributed by atoms with van der Waals surface area (Å²) in [5.41, 5.74) is 5.00. The number of pyridine rings is 1. The van der Waals surface area contributed by atoms with Crippen molar-refractivity contribution >= 4 is 11.7 Å². The molecule has 1 atom stereocenters. The van der Waals surface area contributed by atoms with Crippen LogP contribution in [0.1, 0.15) is 103 Å². The number of anilines is 1. The van der Waals surface area contributed by atoms with Crippen molar-refractivity contribution in [3.05, 3.63) is 47.0 Å². The van der Waals surface area contributed by atoms with Gasteiger partial charge in [0.25, 0.3) is 0 Å². The number of hydrogen-bond acceptors (Lipinski definition) is 5. The van der Waals surface area contributed by atoms with Crippen molar-refractivity contribution in [3.8, 4) is 11.1 Å². The van der Waals surface area contributed by atoms with Crippen LogP contribution >= 0.6 is 0 Å². The van der Waals surface area contributed by atoms with E-state index in [2.05, 4.69) is 23.6 Å². The first-order valence-corrected chi connectivity index (χ1v) is 15.4. The molecule has 5 rings (SSSR count). The monoisotopic (exact) mass is 565 g/mol. The van der Waals surface area contributed by atoms with Crippen molar-refractivity contribution in [2.45, 2.75) is 105 Å².